The summed E-state index contributed by atoms with van der Waals surface area (Å²) in [6.07, 6.45) is 2.67. The number of hydrogen-bond donors (Lipinski definition) is 2. The van der Waals surface area contributed by atoms with Gasteiger partial charge in [-0.1, -0.05) is 47.5 Å². The molecule has 0 atom stereocenters. The van der Waals surface area contributed by atoms with Crippen LogP contribution in [0.3, 0.4) is 0 Å². The molecular weight excluding hydrogens is 377 g/mol. The van der Waals surface area contributed by atoms with Crippen LogP contribution in [0.1, 0.15) is 11.1 Å². The third-order valence-electron chi connectivity index (χ3n) is 3.09. The summed E-state index contributed by atoms with van der Waals surface area (Å²) < 4.78 is 5.24. The van der Waals surface area contributed by atoms with Gasteiger partial charge in [-0.25, -0.2) is 0 Å². The molecule has 0 bridgehead atoms. The van der Waals surface area contributed by atoms with Crippen LogP contribution in [0.5, 0.6) is 5.75 Å². The van der Waals surface area contributed by atoms with Crippen LogP contribution in [0, 0.1) is 11.3 Å². The van der Waals surface area contributed by atoms with Crippen molar-refractivity contribution in [2.45, 2.75) is 0 Å². The summed E-state index contributed by atoms with van der Waals surface area (Å²) in [6, 6.07) is 13.5. The molecule has 0 heterocycles. The number of para-hydroxylation sites is 1. The van der Waals surface area contributed by atoms with Gasteiger partial charge in [0.25, 0.3) is 11.8 Å². The zero-order chi connectivity index (χ0) is 18.9. The monoisotopic (exact) mass is 389 g/mol. The molecule has 0 spiro atoms. The molecule has 0 unspecified atom stereocenters. The summed E-state index contributed by atoms with van der Waals surface area (Å²) in [7, 11) is 0. The first-order valence-corrected chi connectivity index (χ1v) is 8.09. The van der Waals surface area contributed by atoms with Crippen molar-refractivity contribution in [3.8, 4) is 11.8 Å². The lowest BCUT2D eigenvalue weighted by molar-refractivity contribution is -0.128. The number of carbonyl (C=O) groups excluding carboxylic acids is 2. The van der Waals surface area contributed by atoms with Crippen molar-refractivity contribution in [1.82, 2.24) is 10.9 Å². The van der Waals surface area contributed by atoms with Crippen molar-refractivity contribution in [2.24, 2.45) is 0 Å². The van der Waals surface area contributed by atoms with E-state index in [1.165, 1.54) is 12.2 Å². The number of amides is 2. The number of halogens is 2. The fourth-order valence-corrected chi connectivity index (χ4v) is 2.22. The number of hydrazine groups is 1. The highest BCUT2D eigenvalue weighted by Crippen LogP contribution is 2.26. The number of ether oxygens (including phenoxy) is 1. The van der Waals surface area contributed by atoms with E-state index in [0.717, 1.165) is 0 Å². The van der Waals surface area contributed by atoms with Gasteiger partial charge in [0.05, 0.1) is 15.6 Å². The molecule has 0 aliphatic carbocycles. The Bertz CT molecular complexity index is 891. The normalized spacial score (nSPS) is 10.2. The van der Waals surface area contributed by atoms with Gasteiger partial charge in [0, 0.05) is 6.08 Å². The third kappa shape index (κ3) is 5.52. The molecule has 0 aliphatic rings. The number of hydrogen-bond acceptors (Lipinski definition) is 4. The maximum absolute atomic E-state index is 11.7. The van der Waals surface area contributed by atoms with E-state index in [-0.39, 0.29) is 12.4 Å². The molecule has 26 heavy (non-hydrogen) atoms. The van der Waals surface area contributed by atoms with Crippen LogP contribution in [-0.2, 0) is 9.59 Å². The molecule has 0 radical (unpaired) electrons. The Morgan fingerprint density at radius 2 is 1.88 bits per heavy atom. The van der Waals surface area contributed by atoms with E-state index >= 15 is 0 Å². The Morgan fingerprint density at radius 3 is 2.65 bits per heavy atom. The molecule has 8 heteroatoms. The number of nitrogens with zero attached hydrogens (tertiary/aromatic N) is 1. The summed E-state index contributed by atoms with van der Waals surface area (Å²) in [5, 5.41) is 9.63. The second-order valence-corrected chi connectivity index (χ2v) is 5.70. The Morgan fingerprint density at radius 1 is 1.12 bits per heavy atom. The Kier molecular flexibility index (Phi) is 7.03. The van der Waals surface area contributed by atoms with E-state index in [0.29, 0.717) is 21.2 Å². The molecule has 6 nitrogen and oxygen atoms in total. The lowest BCUT2D eigenvalue weighted by atomic mass is 10.2. The molecule has 0 aliphatic heterocycles. The van der Waals surface area contributed by atoms with E-state index in [1.807, 2.05) is 6.07 Å². The van der Waals surface area contributed by atoms with Gasteiger partial charge < -0.3 is 4.74 Å². The number of nitrogens with one attached hydrogen (secondary N) is 2. The van der Waals surface area contributed by atoms with Crippen LogP contribution in [-0.4, -0.2) is 18.4 Å². The minimum absolute atomic E-state index is 0.284. The predicted molar refractivity (Wildman–Crippen MR) is 98.4 cm³/mol. The van der Waals surface area contributed by atoms with E-state index < -0.39 is 11.8 Å². The minimum Gasteiger partial charge on any atom is -0.482 e. The Balaban J connectivity index is 1.82. The van der Waals surface area contributed by atoms with Crippen LogP contribution in [0.25, 0.3) is 6.08 Å². The zero-order valence-electron chi connectivity index (χ0n) is 13.3. The van der Waals surface area contributed by atoms with Crippen LogP contribution in [0.15, 0.2) is 48.5 Å². The quantitative estimate of drug-likeness (QED) is 0.606. The van der Waals surface area contributed by atoms with E-state index in [4.69, 9.17) is 33.2 Å². The average Bonchev–Trinajstić information content (AvgIpc) is 2.66. The fraction of sp³-hybridized carbons (Fsp3) is 0.0556. The maximum atomic E-state index is 11.7. The maximum Gasteiger partial charge on any atom is 0.276 e. The summed E-state index contributed by atoms with van der Waals surface area (Å²) >= 11 is 11.9. The summed E-state index contributed by atoms with van der Waals surface area (Å²) in [5.41, 5.74) is 5.28. The van der Waals surface area contributed by atoms with Crippen molar-refractivity contribution in [1.29, 1.82) is 5.26 Å². The minimum atomic E-state index is -0.583. The molecule has 0 saturated heterocycles. The van der Waals surface area contributed by atoms with Crippen LogP contribution < -0.4 is 15.6 Å². The van der Waals surface area contributed by atoms with Gasteiger partial charge in [-0.2, -0.15) is 5.26 Å². The number of benzene rings is 2. The summed E-state index contributed by atoms with van der Waals surface area (Å²) in [5.74, 6) is -0.862. The topological polar surface area (TPSA) is 91.2 Å². The molecule has 2 aromatic carbocycles. The van der Waals surface area contributed by atoms with Crippen LogP contribution >= 0.6 is 23.2 Å². The van der Waals surface area contributed by atoms with Gasteiger partial charge >= 0.3 is 0 Å². The van der Waals surface area contributed by atoms with Crippen molar-refractivity contribution < 1.29 is 14.3 Å². The summed E-state index contributed by atoms with van der Waals surface area (Å²) in [4.78, 5) is 23.4. The van der Waals surface area contributed by atoms with E-state index in [9.17, 15) is 9.59 Å². The lowest BCUT2D eigenvalue weighted by Crippen LogP contribution is -2.43. The highest BCUT2D eigenvalue weighted by molar-refractivity contribution is 6.42. The molecule has 2 aromatic rings. The average molecular weight is 390 g/mol. The molecule has 2 rings (SSSR count). The second kappa shape index (κ2) is 9.47. The molecular formula is C18H13Cl2N3O3. The van der Waals surface area contributed by atoms with Gasteiger partial charge in [0.15, 0.2) is 6.61 Å². The Labute approximate surface area is 159 Å². The smallest absolute Gasteiger partial charge is 0.276 e. The van der Waals surface area contributed by atoms with Crippen molar-refractivity contribution in [3.63, 3.8) is 0 Å². The SMILES string of the molecule is N#Cc1ccccc1OCC(=O)NNC(=O)/C=C/c1cccc(Cl)c1Cl. The summed E-state index contributed by atoms with van der Waals surface area (Å²) in [6.45, 7) is -0.358. The van der Waals surface area contributed by atoms with Gasteiger partial charge in [-0.05, 0) is 29.8 Å². The van der Waals surface area contributed by atoms with Crippen LogP contribution in [0.2, 0.25) is 10.0 Å². The highest BCUT2D eigenvalue weighted by atomic mass is 35.5. The van der Waals surface area contributed by atoms with E-state index in [1.54, 1.807) is 42.5 Å². The van der Waals surface area contributed by atoms with Crippen LogP contribution in [0.4, 0.5) is 0 Å². The highest BCUT2D eigenvalue weighted by Gasteiger charge is 2.07. The molecule has 132 valence electrons. The molecule has 2 amide bonds. The lowest BCUT2D eigenvalue weighted by Gasteiger charge is -2.08. The van der Waals surface area contributed by atoms with Gasteiger partial charge in [0.1, 0.15) is 11.8 Å². The fourth-order valence-electron chi connectivity index (χ4n) is 1.85. The standard InChI is InChI=1S/C18H13Cl2N3O3/c19-14-6-3-5-12(18(14)20)8-9-16(24)22-23-17(25)11-26-15-7-2-1-4-13(15)10-21/h1-9H,11H2,(H,22,24)(H,23,25)/b9-8+. The first-order valence-electron chi connectivity index (χ1n) is 7.34. The Hall–Kier alpha value is -3.01. The largest absolute Gasteiger partial charge is 0.482 e. The zero-order valence-corrected chi connectivity index (χ0v) is 14.8. The van der Waals surface area contributed by atoms with Crippen molar-refractivity contribution in [2.75, 3.05) is 6.61 Å². The third-order valence-corrected chi connectivity index (χ3v) is 3.92. The van der Waals surface area contributed by atoms with Gasteiger partial charge in [-0.3, -0.25) is 20.4 Å². The molecule has 0 saturated carbocycles. The molecule has 2 N–H and O–H groups in total. The number of carbonyl (C=O) groups is 2. The molecule has 0 fully saturated rings. The predicted octanol–water partition coefficient (Wildman–Crippen LogP) is 3.10. The van der Waals surface area contributed by atoms with Crippen molar-refractivity contribution >= 4 is 41.1 Å². The van der Waals surface area contributed by atoms with E-state index in [2.05, 4.69) is 10.9 Å². The first kappa shape index (κ1) is 19.3. The van der Waals surface area contributed by atoms with Gasteiger partial charge in [-0.15, -0.1) is 0 Å². The first-order chi connectivity index (χ1) is 12.5. The van der Waals surface area contributed by atoms with Crippen molar-refractivity contribution in [3.05, 3.63) is 69.7 Å². The number of nitriles is 1. The molecule has 0 aromatic heterocycles. The number of rotatable bonds is 5. The van der Waals surface area contributed by atoms with Gasteiger partial charge in [0.2, 0.25) is 0 Å². The second-order valence-electron chi connectivity index (χ2n) is 4.91.